The monoisotopic (exact) mass is 225 g/mol. The van der Waals surface area contributed by atoms with Crippen LogP contribution in [-0.2, 0) is 9.59 Å². The summed E-state index contributed by atoms with van der Waals surface area (Å²) in [4.78, 5) is 23.3. The van der Waals surface area contributed by atoms with E-state index in [4.69, 9.17) is 0 Å². The number of rotatable bonds is 4. The molecule has 5 nitrogen and oxygen atoms in total. The lowest BCUT2D eigenvalue weighted by Gasteiger charge is -2.16. The molecule has 1 saturated carbocycles. The molecule has 0 aromatic heterocycles. The van der Waals surface area contributed by atoms with Gasteiger partial charge in [-0.1, -0.05) is 0 Å². The molecule has 16 heavy (non-hydrogen) atoms. The lowest BCUT2D eigenvalue weighted by molar-refractivity contribution is -0.129. The largest absolute Gasteiger partial charge is 0.352 e. The van der Waals surface area contributed by atoms with Crippen LogP contribution in [0.2, 0.25) is 0 Å². The molecular weight excluding hydrogens is 206 g/mol. The summed E-state index contributed by atoms with van der Waals surface area (Å²) in [6, 6.07) is -0.205. The molecule has 3 N–H and O–H groups in total. The van der Waals surface area contributed by atoms with Crippen LogP contribution in [0.1, 0.15) is 32.6 Å². The highest BCUT2D eigenvalue weighted by atomic mass is 16.2. The summed E-state index contributed by atoms with van der Waals surface area (Å²) < 4.78 is 0. The fourth-order valence-corrected chi connectivity index (χ4v) is 1.84. The summed E-state index contributed by atoms with van der Waals surface area (Å²) in [7, 11) is 0. The van der Waals surface area contributed by atoms with Crippen molar-refractivity contribution < 1.29 is 9.59 Å². The average Bonchev–Trinajstić information content (AvgIpc) is 2.89. The van der Waals surface area contributed by atoms with Crippen LogP contribution in [0.25, 0.3) is 0 Å². The van der Waals surface area contributed by atoms with Crippen molar-refractivity contribution in [2.75, 3.05) is 6.54 Å². The topological polar surface area (TPSA) is 70.2 Å². The van der Waals surface area contributed by atoms with Gasteiger partial charge in [-0.05, 0) is 39.2 Å². The molecule has 1 saturated heterocycles. The Labute approximate surface area is 95.3 Å². The Morgan fingerprint density at radius 1 is 1.31 bits per heavy atom. The lowest BCUT2D eigenvalue weighted by atomic mass is 10.2. The number of amides is 2. The van der Waals surface area contributed by atoms with E-state index in [1.807, 2.05) is 0 Å². The molecule has 2 unspecified atom stereocenters. The highest BCUT2D eigenvalue weighted by molar-refractivity contribution is 5.89. The Bertz CT molecular complexity index is 283. The van der Waals surface area contributed by atoms with Gasteiger partial charge in [-0.2, -0.15) is 0 Å². The Morgan fingerprint density at radius 3 is 2.62 bits per heavy atom. The van der Waals surface area contributed by atoms with E-state index in [1.165, 1.54) is 0 Å². The van der Waals surface area contributed by atoms with Crippen LogP contribution in [0.15, 0.2) is 0 Å². The highest BCUT2D eigenvalue weighted by Crippen LogP contribution is 2.18. The van der Waals surface area contributed by atoms with Gasteiger partial charge in [-0.15, -0.1) is 0 Å². The minimum Gasteiger partial charge on any atom is -0.352 e. The van der Waals surface area contributed by atoms with Gasteiger partial charge in [0.25, 0.3) is 0 Å². The molecule has 90 valence electrons. The average molecular weight is 225 g/mol. The predicted octanol–water partition coefficient (Wildman–Crippen LogP) is -0.478. The van der Waals surface area contributed by atoms with Crippen molar-refractivity contribution in [1.82, 2.24) is 16.0 Å². The van der Waals surface area contributed by atoms with Gasteiger partial charge in [0, 0.05) is 6.04 Å². The maximum atomic E-state index is 11.7. The SMILES string of the molecule is CC(NC(=O)C1CCCN1)C(=O)NC1CC1. The molecular formula is C11H19N3O2. The van der Waals surface area contributed by atoms with Crippen LogP contribution < -0.4 is 16.0 Å². The number of hydrogen-bond donors (Lipinski definition) is 3. The van der Waals surface area contributed by atoms with Crippen molar-refractivity contribution in [2.24, 2.45) is 0 Å². The first-order valence-corrected chi connectivity index (χ1v) is 6.01. The van der Waals surface area contributed by atoms with Gasteiger partial charge in [0.15, 0.2) is 0 Å². The molecule has 2 fully saturated rings. The zero-order valence-electron chi connectivity index (χ0n) is 9.58. The maximum absolute atomic E-state index is 11.7. The van der Waals surface area contributed by atoms with Gasteiger partial charge in [-0.25, -0.2) is 0 Å². The third-order valence-corrected chi connectivity index (χ3v) is 3.05. The molecule has 1 aliphatic heterocycles. The first kappa shape index (κ1) is 11.4. The first-order valence-electron chi connectivity index (χ1n) is 6.01. The highest BCUT2D eigenvalue weighted by Gasteiger charge is 2.28. The fraction of sp³-hybridized carbons (Fsp3) is 0.818. The molecule has 0 aromatic carbocycles. The van der Waals surface area contributed by atoms with E-state index in [9.17, 15) is 9.59 Å². The van der Waals surface area contributed by atoms with Crippen molar-refractivity contribution in [3.63, 3.8) is 0 Å². The van der Waals surface area contributed by atoms with Crippen molar-refractivity contribution in [3.8, 4) is 0 Å². The number of nitrogens with one attached hydrogen (secondary N) is 3. The van der Waals surface area contributed by atoms with Crippen LogP contribution in [0.4, 0.5) is 0 Å². The Hall–Kier alpha value is -1.10. The van der Waals surface area contributed by atoms with Crippen LogP contribution >= 0.6 is 0 Å². The summed E-state index contributed by atoms with van der Waals surface area (Å²) in [5.74, 6) is -0.134. The second-order valence-electron chi connectivity index (χ2n) is 4.66. The summed E-state index contributed by atoms with van der Waals surface area (Å²) in [6.45, 7) is 2.62. The van der Waals surface area contributed by atoms with Crippen LogP contribution in [0, 0.1) is 0 Å². The van der Waals surface area contributed by atoms with Crippen molar-refractivity contribution in [1.29, 1.82) is 0 Å². The van der Waals surface area contributed by atoms with E-state index < -0.39 is 6.04 Å². The molecule has 0 spiro atoms. The van der Waals surface area contributed by atoms with Gasteiger partial charge in [0.05, 0.1) is 6.04 Å². The third-order valence-electron chi connectivity index (χ3n) is 3.05. The predicted molar refractivity (Wildman–Crippen MR) is 59.8 cm³/mol. The zero-order valence-corrected chi connectivity index (χ0v) is 9.58. The van der Waals surface area contributed by atoms with Crippen molar-refractivity contribution >= 4 is 11.8 Å². The Kier molecular flexibility index (Phi) is 3.43. The van der Waals surface area contributed by atoms with Gasteiger partial charge >= 0.3 is 0 Å². The summed E-state index contributed by atoms with van der Waals surface area (Å²) in [5.41, 5.74) is 0. The van der Waals surface area contributed by atoms with Gasteiger partial charge < -0.3 is 16.0 Å². The number of carbonyl (C=O) groups is 2. The molecule has 2 aliphatic rings. The molecule has 1 aliphatic carbocycles. The van der Waals surface area contributed by atoms with E-state index in [1.54, 1.807) is 6.92 Å². The summed E-state index contributed by atoms with van der Waals surface area (Å²) in [5, 5.41) is 8.73. The molecule has 0 radical (unpaired) electrons. The molecule has 2 atom stereocenters. The van der Waals surface area contributed by atoms with E-state index in [0.717, 1.165) is 32.2 Å². The third kappa shape index (κ3) is 2.95. The van der Waals surface area contributed by atoms with E-state index in [0.29, 0.717) is 6.04 Å². The fourth-order valence-electron chi connectivity index (χ4n) is 1.84. The molecule has 0 bridgehead atoms. The standard InChI is InChI=1S/C11H19N3O2/c1-7(10(15)14-8-4-5-8)13-11(16)9-3-2-6-12-9/h7-9,12H,2-6H2,1H3,(H,13,16)(H,14,15). The van der Waals surface area contributed by atoms with Crippen molar-refractivity contribution in [2.45, 2.75) is 50.7 Å². The van der Waals surface area contributed by atoms with Crippen LogP contribution in [0.5, 0.6) is 0 Å². The van der Waals surface area contributed by atoms with Gasteiger partial charge in [-0.3, -0.25) is 9.59 Å². The van der Waals surface area contributed by atoms with Crippen LogP contribution in [0.3, 0.4) is 0 Å². The van der Waals surface area contributed by atoms with Crippen LogP contribution in [-0.4, -0.2) is 36.5 Å². The molecule has 2 rings (SSSR count). The lowest BCUT2D eigenvalue weighted by Crippen LogP contribution is -2.50. The molecule has 2 amide bonds. The maximum Gasteiger partial charge on any atom is 0.242 e. The summed E-state index contributed by atoms with van der Waals surface area (Å²) >= 11 is 0. The Morgan fingerprint density at radius 2 is 2.06 bits per heavy atom. The zero-order chi connectivity index (χ0) is 11.5. The molecule has 0 aromatic rings. The van der Waals surface area contributed by atoms with Crippen molar-refractivity contribution in [3.05, 3.63) is 0 Å². The first-order chi connectivity index (χ1) is 7.66. The molecule has 5 heteroatoms. The summed E-state index contributed by atoms with van der Waals surface area (Å²) in [6.07, 6.45) is 4.02. The number of carbonyl (C=O) groups excluding carboxylic acids is 2. The van der Waals surface area contributed by atoms with Gasteiger partial charge in [0.2, 0.25) is 11.8 Å². The normalized spacial score (nSPS) is 26.2. The Balaban J connectivity index is 1.73. The molecule has 1 heterocycles. The van der Waals surface area contributed by atoms with E-state index in [-0.39, 0.29) is 17.9 Å². The van der Waals surface area contributed by atoms with E-state index in [2.05, 4.69) is 16.0 Å². The minimum atomic E-state index is -0.435. The second kappa shape index (κ2) is 4.82. The van der Waals surface area contributed by atoms with Gasteiger partial charge in [0.1, 0.15) is 6.04 Å². The smallest absolute Gasteiger partial charge is 0.242 e. The van der Waals surface area contributed by atoms with E-state index >= 15 is 0 Å². The number of hydrogen-bond acceptors (Lipinski definition) is 3. The minimum absolute atomic E-state index is 0.0593. The quantitative estimate of drug-likeness (QED) is 0.605. The second-order valence-corrected chi connectivity index (χ2v) is 4.66.